The molecule has 5 nitrogen and oxygen atoms in total. The van der Waals surface area contributed by atoms with Gasteiger partial charge in [-0.25, -0.2) is 9.59 Å². The molecule has 1 amide bonds. The molecule has 0 bridgehead atoms. The molecule has 0 saturated heterocycles. The van der Waals surface area contributed by atoms with Gasteiger partial charge < -0.3 is 14.8 Å². The van der Waals surface area contributed by atoms with Crippen LogP contribution >= 0.6 is 22.6 Å². The molecule has 0 aromatic heterocycles. The van der Waals surface area contributed by atoms with Crippen molar-refractivity contribution in [3.8, 4) is 0 Å². The van der Waals surface area contributed by atoms with Crippen molar-refractivity contribution >= 4 is 34.7 Å². The maximum Gasteiger partial charge on any atom is 0.407 e. The molecule has 0 saturated carbocycles. The minimum atomic E-state index is -0.548. The summed E-state index contributed by atoms with van der Waals surface area (Å²) in [6, 6.07) is -0.186. The highest BCUT2D eigenvalue weighted by Crippen LogP contribution is 2.27. The fraction of sp³-hybridized carbons (Fsp3) is 0.750. The van der Waals surface area contributed by atoms with E-state index in [0.717, 1.165) is 0 Å². The molecule has 22 heavy (non-hydrogen) atoms. The summed E-state index contributed by atoms with van der Waals surface area (Å²) in [5.41, 5.74) is -0.740. The number of nitrogens with one attached hydrogen (secondary N) is 1. The zero-order valence-corrected chi connectivity index (χ0v) is 16.7. The summed E-state index contributed by atoms with van der Waals surface area (Å²) in [4.78, 5) is 23.4. The van der Waals surface area contributed by atoms with Crippen LogP contribution in [-0.2, 0) is 14.3 Å². The Morgan fingerprint density at radius 2 is 1.73 bits per heavy atom. The largest absolute Gasteiger partial charge is 0.463 e. The van der Waals surface area contributed by atoms with Gasteiger partial charge in [-0.3, -0.25) is 0 Å². The number of rotatable bonds is 5. The average Bonchev–Trinajstić information content (AvgIpc) is 2.30. The highest BCUT2D eigenvalue weighted by molar-refractivity contribution is 14.1. The Kier molecular flexibility index (Phi) is 8.43. The third-order valence-corrected chi connectivity index (χ3v) is 3.76. The molecule has 0 aliphatic heterocycles. The Labute approximate surface area is 147 Å². The molecule has 1 N–H and O–H groups in total. The molecule has 0 aromatic carbocycles. The summed E-state index contributed by atoms with van der Waals surface area (Å²) in [6.07, 6.45) is 2.68. The van der Waals surface area contributed by atoms with Crippen LogP contribution in [-0.4, -0.2) is 34.2 Å². The summed E-state index contributed by atoms with van der Waals surface area (Å²) in [6.45, 7) is 13.6. The van der Waals surface area contributed by atoms with Crippen LogP contribution in [0.5, 0.6) is 0 Å². The quantitative estimate of drug-likeness (QED) is 0.315. The van der Waals surface area contributed by atoms with Gasteiger partial charge in [-0.1, -0.05) is 49.4 Å². The number of esters is 1. The van der Waals surface area contributed by atoms with Crippen molar-refractivity contribution in [1.82, 2.24) is 5.32 Å². The lowest BCUT2D eigenvalue weighted by atomic mass is 9.84. The summed E-state index contributed by atoms with van der Waals surface area (Å²) >= 11 is 2.20. The van der Waals surface area contributed by atoms with Gasteiger partial charge >= 0.3 is 12.1 Å². The fourth-order valence-corrected chi connectivity index (χ4v) is 3.15. The number of halogens is 1. The predicted octanol–water partition coefficient (Wildman–Crippen LogP) is 3.85. The first kappa shape index (κ1) is 21.2. The van der Waals surface area contributed by atoms with E-state index in [-0.39, 0.29) is 21.4 Å². The van der Waals surface area contributed by atoms with E-state index in [2.05, 4.69) is 27.9 Å². The average molecular weight is 425 g/mol. The zero-order valence-electron chi connectivity index (χ0n) is 14.5. The summed E-state index contributed by atoms with van der Waals surface area (Å²) in [5, 5.41) is 2.90. The lowest BCUT2D eigenvalue weighted by Crippen LogP contribution is -2.50. The number of hydrogen-bond donors (Lipinski definition) is 1. The normalized spacial score (nSPS) is 15.3. The molecule has 0 fully saturated rings. The van der Waals surface area contributed by atoms with Gasteiger partial charge in [-0.15, -0.1) is 0 Å². The van der Waals surface area contributed by atoms with Gasteiger partial charge in [0.1, 0.15) is 5.60 Å². The molecular formula is C16H28INO4. The van der Waals surface area contributed by atoms with Crippen LogP contribution in [0.2, 0.25) is 0 Å². The van der Waals surface area contributed by atoms with Gasteiger partial charge in [0.25, 0.3) is 0 Å². The van der Waals surface area contributed by atoms with Gasteiger partial charge in [-0.2, -0.15) is 0 Å². The molecule has 0 heterocycles. The van der Waals surface area contributed by atoms with Gasteiger partial charge in [0.2, 0.25) is 0 Å². The Balaban J connectivity index is 4.92. The molecule has 0 rings (SSSR count). The molecule has 0 unspecified atom stereocenters. The van der Waals surface area contributed by atoms with Gasteiger partial charge in [0, 0.05) is 6.08 Å². The van der Waals surface area contributed by atoms with E-state index in [1.165, 1.54) is 6.08 Å². The zero-order chi connectivity index (χ0) is 17.6. The SMILES string of the molecule is CCOC(=O)/C=C/[C@H](I)[C@H](NC(=O)OC(C)(C)C)C(C)(C)C. The van der Waals surface area contributed by atoms with Gasteiger partial charge in [0.15, 0.2) is 0 Å². The molecule has 0 radical (unpaired) electrons. The molecule has 0 aliphatic rings. The Hall–Kier alpha value is -0.790. The van der Waals surface area contributed by atoms with Crippen LogP contribution in [0.4, 0.5) is 4.79 Å². The van der Waals surface area contributed by atoms with Crippen LogP contribution in [0.3, 0.4) is 0 Å². The Morgan fingerprint density at radius 1 is 1.18 bits per heavy atom. The molecule has 0 aliphatic carbocycles. The van der Waals surface area contributed by atoms with Crippen LogP contribution in [0, 0.1) is 5.41 Å². The smallest absolute Gasteiger partial charge is 0.407 e. The van der Waals surface area contributed by atoms with Crippen molar-refractivity contribution in [1.29, 1.82) is 0 Å². The molecule has 0 aromatic rings. The third-order valence-electron chi connectivity index (χ3n) is 2.63. The van der Waals surface area contributed by atoms with E-state index in [1.54, 1.807) is 13.0 Å². The monoisotopic (exact) mass is 425 g/mol. The summed E-state index contributed by atoms with van der Waals surface area (Å²) < 4.78 is 10.1. The van der Waals surface area contributed by atoms with Crippen molar-refractivity contribution in [2.45, 2.75) is 64.0 Å². The first-order chi connectivity index (χ1) is 9.86. The van der Waals surface area contributed by atoms with Crippen LogP contribution in [0.1, 0.15) is 48.5 Å². The van der Waals surface area contributed by atoms with E-state index >= 15 is 0 Å². The first-order valence-electron chi connectivity index (χ1n) is 7.35. The molecule has 2 atom stereocenters. The summed E-state index contributed by atoms with van der Waals surface area (Å²) in [5.74, 6) is -0.380. The van der Waals surface area contributed by atoms with E-state index in [9.17, 15) is 9.59 Å². The highest BCUT2D eigenvalue weighted by Gasteiger charge is 2.32. The highest BCUT2D eigenvalue weighted by atomic mass is 127. The summed E-state index contributed by atoms with van der Waals surface area (Å²) in [7, 11) is 0. The van der Waals surface area contributed by atoms with Crippen LogP contribution in [0.25, 0.3) is 0 Å². The standard InChI is InChI=1S/C16H28INO4/c1-8-21-12(19)10-9-11(17)13(15(2,3)4)18-14(20)22-16(5,6)7/h9-11,13H,8H2,1-7H3,(H,18,20)/b10-9+/t11-,13-/m0/s1. The molecule has 0 spiro atoms. The van der Waals surface area contributed by atoms with E-state index in [4.69, 9.17) is 9.47 Å². The van der Waals surface area contributed by atoms with Gasteiger partial charge in [-0.05, 0) is 33.1 Å². The number of ether oxygens (including phenoxy) is 2. The third kappa shape index (κ3) is 9.27. The topological polar surface area (TPSA) is 64.6 Å². The second kappa shape index (κ2) is 8.74. The number of carbonyl (C=O) groups is 2. The molecular weight excluding hydrogens is 397 g/mol. The number of amides is 1. The van der Waals surface area contributed by atoms with Crippen molar-refractivity contribution < 1.29 is 19.1 Å². The van der Waals surface area contributed by atoms with E-state index in [1.807, 2.05) is 41.5 Å². The van der Waals surface area contributed by atoms with Gasteiger partial charge in [0.05, 0.1) is 16.6 Å². The molecule has 6 heteroatoms. The first-order valence-corrected chi connectivity index (χ1v) is 8.60. The Bertz CT molecular complexity index is 407. The lowest BCUT2D eigenvalue weighted by Gasteiger charge is -2.34. The second-order valence-corrected chi connectivity index (χ2v) is 8.48. The van der Waals surface area contributed by atoms with Crippen molar-refractivity contribution in [3.63, 3.8) is 0 Å². The lowest BCUT2D eigenvalue weighted by molar-refractivity contribution is -0.137. The number of hydrogen-bond acceptors (Lipinski definition) is 4. The Morgan fingerprint density at radius 3 is 2.14 bits per heavy atom. The minimum absolute atomic E-state index is 0.0745. The molecule has 128 valence electrons. The second-order valence-electron chi connectivity index (χ2n) is 7.05. The number of alkyl carbamates (subject to hydrolysis) is 1. The van der Waals surface area contributed by atoms with Crippen molar-refractivity contribution in [3.05, 3.63) is 12.2 Å². The van der Waals surface area contributed by atoms with Crippen LogP contribution < -0.4 is 5.32 Å². The predicted molar refractivity (Wildman–Crippen MR) is 96.2 cm³/mol. The van der Waals surface area contributed by atoms with Crippen molar-refractivity contribution in [2.24, 2.45) is 5.41 Å². The maximum absolute atomic E-state index is 12.0. The van der Waals surface area contributed by atoms with Crippen molar-refractivity contribution in [2.75, 3.05) is 6.61 Å². The number of alkyl halides is 1. The van der Waals surface area contributed by atoms with E-state index < -0.39 is 11.7 Å². The van der Waals surface area contributed by atoms with Crippen LogP contribution in [0.15, 0.2) is 12.2 Å². The number of carbonyl (C=O) groups excluding carboxylic acids is 2. The van der Waals surface area contributed by atoms with E-state index in [0.29, 0.717) is 6.61 Å². The fourth-order valence-electron chi connectivity index (χ4n) is 1.68. The maximum atomic E-state index is 12.0. The minimum Gasteiger partial charge on any atom is -0.463 e.